The molecule has 0 amide bonds. The molecule has 0 saturated heterocycles. The van der Waals surface area contributed by atoms with E-state index in [4.69, 9.17) is 0 Å². The number of ketones is 1. The van der Waals surface area contributed by atoms with Crippen LogP contribution in [0.5, 0.6) is 0 Å². The fraction of sp³-hybridized carbons (Fsp3) is 0.238. The van der Waals surface area contributed by atoms with Gasteiger partial charge >= 0.3 is 0 Å². The molecular formula is C21H20N2O. The summed E-state index contributed by atoms with van der Waals surface area (Å²) in [5, 5.41) is 4.50. The molecule has 0 saturated carbocycles. The molecule has 1 heterocycles. The molecule has 0 bridgehead atoms. The van der Waals surface area contributed by atoms with E-state index in [2.05, 4.69) is 55.3 Å². The minimum absolute atomic E-state index is 0.196. The quantitative estimate of drug-likeness (QED) is 0.702. The zero-order valence-electron chi connectivity index (χ0n) is 14.0. The van der Waals surface area contributed by atoms with Crippen LogP contribution in [0.3, 0.4) is 0 Å². The summed E-state index contributed by atoms with van der Waals surface area (Å²) in [6.07, 6.45) is 3.14. The van der Waals surface area contributed by atoms with Crippen LogP contribution >= 0.6 is 0 Å². The molecule has 3 heteroatoms. The van der Waals surface area contributed by atoms with E-state index < -0.39 is 0 Å². The second-order valence-electron chi connectivity index (χ2n) is 6.70. The topological polar surface area (TPSA) is 34.9 Å². The van der Waals surface area contributed by atoms with E-state index in [1.54, 1.807) is 6.20 Å². The maximum absolute atomic E-state index is 12.6. The van der Waals surface area contributed by atoms with Crippen LogP contribution in [0, 0.1) is 13.8 Å². The molecule has 1 aromatic heterocycles. The van der Waals surface area contributed by atoms with Crippen molar-refractivity contribution in [3.05, 3.63) is 82.7 Å². The zero-order valence-corrected chi connectivity index (χ0v) is 14.0. The third-order valence-corrected chi connectivity index (χ3v) is 4.80. The Bertz CT molecular complexity index is 923. The standard InChI is InChI=1S/C21H20N2O/c1-14-5-3-7-16(9-14)17-11-20-19(21(24)12-17)13-22-23(20)18-8-4-6-15(2)10-18/h3-10,13,17H,11-12H2,1-2H3/t17-/m0/s1. The minimum Gasteiger partial charge on any atom is -0.294 e. The first-order valence-electron chi connectivity index (χ1n) is 8.35. The Morgan fingerprint density at radius 3 is 2.50 bits per heavy atom. The van der Waals surface area contributed by atoms with E-state index >= 15 is 0 Å². The summed E-state index contributed by atoms with van der Waals surface area (Å²) >= 11 is 0. The number of aromatic nitrogens is 2. The van der Waals surface area contributed by atoms with Gasteiger partial charge < -0.3 is 0 Å². The van der Waals surface area contributed by atoms with Crippen molar-refractivity contribution in [3.63, 3.8) is 0 Å². The Morgan fingerprint density at radius 2 is 1.75 bits per heavy atom. The van der Waals surface area contributed by atoms with Gasteiger partial charge in [-0.1, -0.05) is 42.0 Å². The summed E-state index contributed by atoms with van der Waals surface area (Å²) in [7, 11) is 0. The highest BCUT2D eigenvalue weighted by Gasteiger charge is 2.30. The summed E-state index contributed by atoms with van der Waals surface area (Å²) in [6, 6.07) is 16.7. The van der Waals surface area contributed by atoms with Gasteiger partial charge in [0.05, 0.1) is 23.1 Å². The van der Waals surface area contributed by atoms with Gasteiger partial charge in [-0.25, -0.2) is 4.68 Å². The molecule has 3 nitrogen and oxygen atoms in total. The van der Waals surface area contributed by atoms with Crippen molar-refractivity contribution < 1.29 is 4.79 Å². The van der Waals surface area contributed by atoms with E-state index in [1.807, 2.05) is 16.8 Å². The number of Topliss-reactive ketones (excluding diaryl/α,β-unsaturated/α-hetero) is 1. The second kappa shape index (κ2) is 5.75. The molecule has 0 fully saturated rings. The van der Waals surface area contributed by atoms with Gasteiger partial charge in [-0.3, -0.25) is 4.79 Å². The number of hydrogen-bond donors (Lipinski definition) is 0. The highest BCUT2D eigenvalue weighted by molar-refractivity contribution is 5.98. The van der Waals surface area contributed by atoms with Crippen LogP contribution in [-0.2, 0) is 6.42 Å². The Morgan fingerprint density at radius 1 is 1.00 bits per heavy atom. The van der Waals surface area contributed by atoms with Gasteiger partial charge in [0.2, 0.25) is 0 Å². The van der Waals surface area contributed by atoms with Crippen LogP contribution in [-0.4, -0.2) is 15.6 Å². The molecule has 0 unspecified atom stereocenters. The SMILES string of the molecule is Cc1cccc([C@@H]2CC(=O)c3cnn(-c4cccc(C)c4)c3C2)c1. The number of rotatable bonds is 2. The maximum atomic E-state index is 12.6. The third-order valence-electron chi connectivity index (χ3n) is 4.80. The smallest absolute Gasteiger partial charge is 0.166 e. The fourth-order valence-corrected chi connectivity index (χ4v) is 3.58. The van der Waals surface area contributed by atoms with Crippen molar-refractivity contribution in [3.8, 4) is 5.69 Å². The highest BCUT2D eigenvalue weighted by atomic mass is 16.1. The Kier molecular flexibility index (Phi) is 3.57. The molecular weight excluding hydrogens is 296 g/mol. The van der Waals surface area contributed by atoms with E-state index in [1.165, 1.54) is 16.7 Å². The maximum Gasteiger partial charge on any atom is 0.166 e. The molecule has 1 atom stereocenters. The normalized spacial score (nSPS) is 16.9. The van der Waals surface area contributed by atoms with E-state index in [0.717, 1.165) is 23.4 Å². The monoisotopic (exact) mass is 316 g/mol. The molecule has 4 rings (SSSR count). The molecule has 0 N–H and O–H groups in total. The lowest BCUT2D eigenvalue weighted by molar-refractivity contribution is 0.0963. The van der Waals surface area contributed by atoms with Gasteiger partial charge in [-0.15, -0.1) is 0 Å². The van der Waals surface area contributed by atoms with Crippen LogP contribution in [0.1, 0.15) is 45.1 Å². The summed E-state index contributed by atoms with van der Waals surface area (Å²) in [6.45, 7) is 4.16. The van der Waals surface area contributed by atoms with Gasteiger partial charge in [-0.2, -0.15) is 5.10 Å². The van der Waals surface area contributed by atoms with Crippen molar-refractivity contribution >= 4 is 5.78 Å². The summed E-state index contributed by atoms with van der Waals surface area (Å²) in [4.78, 5) is 12.6. The first-order valence-corrected chi connectivity index (χ1v) is 8.35. The van der Waals surface area contributed by atoms with Gasteiger partial charge in [0.25, 0.3) is 0 Å². The van der Waals surface area contributed by atoms with Crippen molar-refractivity contribution in [2.24, 2.45) is 0 Å². The predicted molar refractivity (Wildman–Crippen MR) is 94.9 cm³/mol. The van der Waals surface area contributed by atoms with Crippen LogP contribution in [0.4, 0.5) is 0 Å². The molecule has 2 aromatic carbocycles. The second-order valence-corrected chi connectivity index (χ2v) is 6.70. The number of nitrogens with zero attached hydrogens (tertiary/aromatic N) is 2. The van der Waals surface area contributed by atoms with Crippen molar-refractivity contribution in [1.82, 2.24) is 9.78 Å². The van der Waals surface area contributed by atoms with Crippen molar-refractivity contribution in [1.29, 1.82) is 0 Å². The largest absolute Gasteiger partial charge is 0.294 e. The summed E-state index contributed by atoms with van der Waals surface area (Å²) in [5.74, 6) is 0.423. The molecule has 0 aliphatic heterocycles. The van der Waals surface area contributed by atoms with Crippen LogP contribution in [0.15, 0.2) is 54.7 Å². The fourth-order valence-electron chi connectivity index (χ4n) is 3.58. The molecule has 0 radical (unpaired) electrons. The molecule has 1 aliphatic carbocycles. The lowest BCUT2D eigenvalue weighted by Crippen LogP contribution is -2.20. The number of carbonyl (C=O) groups is 1. The number of hydrogen-bond acceptors (Lipinski definition) is 2. The van der Waals surface area contributed by atoms with Gasteiger partial charge in [0.1, 0.15) is 0 Å². The summed E-state index contributed by atoms with van der Waals surface area (Å²) < 4.78 is 1.93. The van der Waals surface area contributed by atoms with Crippen molar-refractivity contribution in [2.45, 2.75) is 32.6 Å². The predicted octanol–water partition coefficient (Wildman–Crippen LogP) is 4.40. The molecule has 120 valence electrons. The average Bonchev–Trinajstić information content (AvgIpc) is 2.99. The molecule has 0 spiro atoms. The first-order chi connectivity index (χ1) is 11.6. The van der Waals surface area contributed by atoms with E-state index in [0.29, 0.717) is 6.42 Å². The Labute approximate surface area is 141 Å². The highest BCUT2D eigenvalue weighted by Crippen LogP contribution is 2.34. The number of carbonyl (C=O) groups excluding carboxylic acids is 1. The number of fused-ring (bicyclic) bond motifs is 1. The van der Waals surface area contributed by atoms with Crippen LogP contribution in [0.2, 0.25) is 0 Å². The number of benzene rings is 2. The van der Waals surface area contributed by atoms with E-state index in [9.17, 15) is 4.79 Å². The zero-order chi connectivity index (χ0) is 16.7. The average molecular weight is 316 g/mol. The number of aryl methyl sites for hydroxylation is 2. The Balaban J connectivity index is 1.76. The van der Waals surface area contributed by atoms with E-state index in [-0.39, 0.29) is 11.7 Å². The lowest BCUT2D eigenvalue weighted by atomic mass is 9.82. The molecule has 1 aliphatic rings. The molecule has 24 heavy (non-hydrogen) atoms. The van der Waals surface area contributed by atoms with Crippen LogP contribution in [0.25, 0.3) is 5.69 Å². The minimum atomic E-state index is 0.196. The first kappa shape index (κ1) is 14.9. The van der Waals surface area contributed by atoms with Crippen LogP contribution < -0.4 is 0 Å². The molecule has 3 aromatic rings. The third kappa shape index (κ3) is 2.56. The lowest BCUT2D eigenvalue weighted by Gasteiger charge is -2.23. The summed E-state index contributed by atoms with van der Waals surface area (Å²) in [5.41, 5.74) is 6.50. The van der Waals surface area contributed by atoms with Gasteiger partial charge in [0, 0.05) is 6.42 Å². The van der Waals surface area contributed by atoms with Crippen molar-refractivity contribution in [2.75, 3.05) is 0 Å². The Hall–Kier alpha value is -2.68. The van der Waals surface area contributed by atoms with Gasteiger partial charge in [0.15, 0.2) is 5.78 Å². The van der Waals surface area contributed by atoms with Gasteiger partial charge in [-0.05, 0) is 49.4 Å².